The molecule has 0 radical (unpaired) electrons. The molecular weight excluding hydrogens is 326 g/mol. The van der Waals surface area contributed by atoms with Crippen molar-refractivity contribution in [3.63, 3.8) is 0 Å². The highest BCUT2D eigenvalue weighted by molar-refractivity contribution is 7.99. The first-order valence-corrected chi connectivity index (χ1v) is 8.14. The average Bonchev–Trinajstić information content (AvgIpc) is 3.01. The topological polar surface area (TPSA) is 82.8 Å². The van der Waals surface area contributed by atoms with Gasteiger partial charge in [0.15, 0.2) is 16.8 Å². The number of methoxy groups -OCH3 is 1. The van der Waals surface area contributed by atoms with Crippen molar-refractivity contribution in [2.75, 3.05) is 12.9 Å². The van der Waals surface area contributed by atoms with E-state index < -0.39 is 0 Å². The third-order valence-electron chi connectivity index (χ3n) is 3.37. The Bertz CT molecular complexity index is 851. The highest BCUT2D eigenvalue weighted by Gasteiger charge is 2.16. The van der Waals surface area contributed by atoms with Crippen molar-refractivity contribution in [1.29, 1.82) is 0 Å². The number of rotatable bonds is 6. The summed E-state index contributed by atoms with van der Waals surface area (Å²) in [5, 5.41) is 8.89. The Hall–Kier alpha value is -2.74. The molecule has 0 spiro atoms. The number of benzene rings is 1. The molecule has 0 N–H and O–H groups in total. The van der Waals surface area contributed by atoms with Gasteiger partial charge >= 0.3 is 0 Å². The quantitative estimate of drug-likeness (QED) is 0.502. The number of Topliss-reactive ketones (excluding diaryl/α,β-unsaturated/α-hetero) is 1. The lowest BCUT2D eigenvalue weighted by Gasteiger charge is -2.07. The number of nitrogens with zero attached hydrogens (tertiary/aromatic N) is 5. The highest BCUT2D eigenvalue weighted by atomic mass is 32.2. The van der Waals surface area contributed by atoms with Gasteiger partial charge in [-0.1, -0.05) is 23.9 Å². The van der Waals surface area contributed by atoms with Crippen molar-refractivity contribution < 1.29 is 9.53 Å². The largest absolute Gasteiger partial charge is 0.496 e. The molecule has 0 bridgehead atoms. The molecule has 3 aromatic rings. The first kappa shape index (κ1) is 16.1. The Labute approximate surface area is 143 Å². The second-order valence-electron chi connectivity index (χ2n) is 4.87. The number of hydrogen-bond donors (Lipinski definition) is 0. The van der Waals surface area contributed by atoms with Crippen molar-refractivity contribution in [2.24, 2.45) is 7.05 Å². The van der Waals surface area contributed by atoms with Crippen LogP contribution in [0.5, 0.6) is 5.75 Å². The van der Waals surface area contributed by atoms with Crippen molar-refractivity contribution in [2.45, 2.75) is 5.16 Å². The van der Waals surface area contributed by atoms with Crippen LogP contribution in [0.3, 0.4) is 0 Å². The van der Waals surface area contributed by atoms with Gasteiger partial charge in [0.25, 0.3) is 0 Å². The molecule has 3 rings (SSSR count). The van der Waals surface area contributed by atoms with Gasteiger partial charge in [0, 0.05) is 19.4 Å². The summed E-state index contributed by atoms with van der Waals surface area (Å²) in [6, 6.07) is 7.17. The van der Waals surface area contributed by atoms with Gasteiger partial charge in [-0.3, -0.25) is 9.78 Å². The van der Waals surface area contributed by atoms with Crippen LogP contribution in [0.2, 0.25) is 0 Å². The fourth-order valence-electron chi connectivity index (χ4n) is 2.16. The summed E-state index contributed by atoms with van der Waals surface area (Å²) in [6.07, 6.45) is 4.82. The van der Waals surface area contributed by atoms with E-state index in [1.165, 1.54) is 11.8 Å². The van der Waals surface area contributed by atoms with Gasteiger partial charge in [-0.05, 0) is 12.1 Å². The molecule has 0 fully saturated rings. The SMILES string of the molecule is COc1ccccc1C(=O)CSc1nnc(-c2cnccn2)n1C. The Balaban J connectivity index is 1.74. The summed E-state index contributed by atoms with van der Waals surface area (Å²) in [5.74, 6) is 1.39. The lowest BCUT2D eigenvalue weighted by Crippen LogP contribution is -2.06. The lowest BCUT2D eigenvalue weighted by atomic mass is 10.1. The minimum atomic E-state index is -0.0264. The molecule has 24 heavy (non-hydrogen) atoms. The summed E-state index contributed by atoms with van der Waals surface area (Å²) in [7, 11) is 3.38. The lowest BCUT2D eigenvalue weighted by molar-refractivity contribution is 0.101. The maximum absolute atomic E-state index is 12.4. The molecule has 1 aromatic carbocycles. The number of para-hydroxylation sites is 1. The van der Waals surface area contributed by atoms with Gasteiger partial charge in [-0.2, -0.15) is 0 Å². The minimum Gasteiger partial charge on any atom is -0.496 e. The number of ether oxygens (including phenoxy) is 1. The Morgan fingerprint density at radius 2 is 2.08 bits per heavy atom. The van der Waals surface area contributed by atoms with Crippen LogP contribution in [0.15, 0.2) is 48.0 Å². The highest BCUT2D eigenvalue weighted by Crippen LogP contribution is 2.24. The molecule has 0 aliphatic heterocycles. The number of aromatic nitrogens is 5. The van der Waals surface area contributed by atoms with E-state index in [0.717, 1.165) is 0 Å². The Kier molecular flexibility index (Phi) is 4.85. The molecule has 0 unspecified atom stereocenters. The molecule has 0 amide bonds. The number of ketones is 1. The van der Waals surface area contributed by atoms with Crippen LogP contribution in [-0.2, 0) is 7.05 Å². The predicted molar refractivity (Wildman–Crippen MR) is 90.1 cm³/mol. The second-order valence-corrected chi connectivity index (χ2v) is 5.81. The van der Waals surface area contributed by atoms with Crippen molar-refractivity contribution in [3.05, 3.63) is 48.4 Å². The molecule has 0 aliphatic rings. The molecule has 2 aromatic heterocycles. The summed E-state index contributed by atoms with van der Waals surface area (Å²) in [6.45, 7) is 0. The molecule has 8 heteroatoms. The third kappa shape index (κ3) is 3.28. The zero-order valence-electron chi connectivity index (χ0n) is 13.2. The third-order valence-corrected chi connectivity index (χ3v) is 4.39. The smallest absolute Gasteiger partial charge is 0.191 e. The number of hydrogen-bond acceptors (Lipinski definition) is 7. The van der Waals surface area contributed by atoms with E-state index >= 15 is 0 Å². The van der Waals surface area contributed by atoms with Crippen molar-refractivity contribution >= 4 is 17.5 Å². The monoisotopic (exact) mass is 341 g/mol. The van der Waals surface area contributed by atoms with Gasteiger partial charge < -0.3 is 9.30 Å². The summed E-state index contributed by atoms with van der Waals surface area (Å²) < 4.78 is 7.02. The first-order chi connectivity index (χ1) is 11.7. The van der Waals surface area contributed by atoms with Crippen molar-refractivity contribution in [1.82, 2.24) is 24.7 Å². The van der Waals surface area contributed by atoms with Crippen LogP contribution in [0.25, 0.3) is 11.5 Å². The van der Waals surface area contributed by atoms with Crippen molar-refractivity contribution in [3.8, 4) is 17.3 Å². The van der Waals surface area contributed by atoms with Crippen LogP contribution in [0, 0.1) is 0 Å². The van der Waals surface area contributed by atoms with Gasteiger partial charge in [-0.25, -0.2) is 4.98 Å². The number of carbonyl (C=O) groups excluding carboxylic acids is 1. The summed E-state index contributed by atoms with van der Waals surface area (Å²) in [4.78, 5) is 20.6. The predicted octanol–water partition coefficient (Wildman–Crippen LogP) is 2.26. The van der Waals surface area contributed by atoms with Crippen LogP contribution in [0.4, 0.5) is 0 Å². The zero-order chi connectivity index (χ0) is 16.9. The van der Waals surface area contributed by atoms with E-state index in [0.29, 0.717) is 28.0 Å². The molecular formula is C16H15N5O2S. The van der Waals surface area contributed by atoms with E-state index in [1.807, 2.05) is 19.2 Å². The fraction of sp³-hybridized carbons (Fsp3) is 0.188. The molecule has 122 valence electrons. The Morgan fingerprint density at radius 1 is 1.25 bits per heavy atom. The maximum atomic E-state index is 12.4. The first-order valence-electron chi connectivity index (χ1n) is 7.15. The zero-order valence-corrected chi connectivity index (χ0v) is 14.0. The van der Waals surface area contributed by atoms with Gasteiger partial charge in [-0.15, -0.1) is 10.2 Å². The number of thioether (sulfide) groups is 1. The summed E-state index contributed by atoms with van der Waals surface area (Å²) >= 11 is 1.32. The van der Waals surface area contributed by atoms with Crippen LogP contribution < -0.4 is 4.74 Å². The van der Waals surface area contributed by atoms with E-state index in [2.05, 4.69) is 20.2 Å². The molecule has 0 saturated heterocycles. The summed E-state index contributed by atoms with van der Waals surface area (Å²) in [5.41, 5.74) is 1.19. The molecule has 0 aliphatic carbocycles. The molecule has 2 heterocycles. The minimum absolute atomic E-state index is 0.0264. The molecule has 0 saturated carbocycles. The second kappa shape index (κ2) is 7.22. The van der Waals surface area contributed by atoms with Crippen LogP contribution >= 0.6 is 11.8 Å². The standard InChI is InChI=1S/C16H15N5O2S/c1-21-15(12-9-17-7-8-18-12)19-20-16(21)24-10-13(22)11-5-3-4-6-14(11)23-2/h3-9H,10H2,1-2H3. The van der Waals surface area contributed by atoms with Gasteiger partial charge in [0.05, 0.1) is 24.6 Å². The average molecular weight is 341 g/mol. The van der Waals surface area contributed by atoms with E-state index in [1.54, 1.807) is 42.4 Å². The fourth-order valence-corrected chi connectivity index (χ4v) is 2.96. The van der Waals surface area contributed by atoms with Gasteiger partial charge in [0.2, 0.25) is 0 Å². The molecule has 0 atom stereocenters. The Morgan fingerprint density at radius 3 is 2.83 bits per heavy atom. The normalized spacial score (nSPS) is 10.6. The van der Waals surface area contributed by atoms with E-state index in [-0.39, 0.29) is 11.5 Å². The van der Waals surface area contributed by atoms with E-state index in [4.69, 9.17) is 4.74 Å². The van der Waals surface area contributed by atoms with Crippen LogP contribution in [-0.4, -0.2) is 43.4 Å². The van der Waals surface area contributed by atoms with Gasteiger partial charge in [0.1, 0.15) is 11.4 Å². The van der Waals surface area contributed by atoms with E-state index in [9.17, 15) is 4.79 Å². The molecule has 7 nitrogen and oxygen atoms in total. The van der Waals surface area contributed by atoms with Crippen LogP contribution in [0.1, 0.15) is 10.4 Å². The maximum Gasteiger partial charge on any atom is 0.191 e. The number of carbonyl (C=O) groups is 1.